The molecule has 27 heavy (non-hydrogen) atoms. The SMILES string of the molecule is CC(OC(=O)Cc1ccc(Cl)cc1)C(=O)N1CCN(c2ncccn2)CC1. The molecular weight excluding hydrogens is 368 g/mol. The lowest BCUT2D eigenvalue weighted by Crippen LogP contribution is -2.52. The van der Waals surface area contributed by atoms with Crippen molar-refractivity contribution in [1.29, 1.82) is 0 Å². The number of amides is 1. The van der Waals surface area contributed by atoms with Gasteiger partial charge in [-0.3, -0.25) is 9.59 Å². The quantitative estimate of drug-likeness (QED) is 0.729. The van der Waals surface area contributed by atoms with Gasteiger partial charge in [-0.1, -0.05) is 23.7 Å². The van der Waals surface area contributed by atoms with Crippen molar-refractivity contribution in [2.75, 3.05) is 31.1 Å². The summed E-state index contributed by atoms with van der Waals surface area (Å²) in [6, 6.07) is 8.73. The number of piperazine rings is 1. The van der Waals surface area contributed by atoms with Gasteiger partial charge < -0.3 is 14.5 Å². The topological polar surface area (TPSA) is 75.6 Å². The number of benzene rings is 1. The van der Waals surface area contributed by atoms with Crippen LogP contribution >= 0.6 is 11.6 Å². The molecule has 0 saturated carbocycles. The molecule has 0 N–H and O–H groups in total. The summed E-state index contributed by atoms with van der Waals surface area (Å²) in [5.41, 5.74) is 0.792. The standard InChI is InChI=1S/C19H21ClN4O3/c1-14(27-17(25)13-15-3-5-16(20)6-4-15)18(26)23-9-11-24(12-10-23)19-21-7-2-8-22-19/h2-8,14H,9-13H2,1H3. The van der Waals surface area contributed by atoms with Gasteiger partial charge in [0.2, 0.25) is 5.95 Å². The van der Waals surface area contributed by atoms with Crippen molar-refractivity contribution in [3.05, 3.63) is 53.3 Å². The summed E-state index contributed by atoms with van der Waals surface area (Å²) in [4.78, 5) is 36.8. The Morgan fingerprint density at radius 1 is 1.11 bits per heavy atom. The lowest BCUT2D eigenvalue weighted by atomic mass is 10.1. The molecule has 1 saturated heterocycles. The second-order valence-electron chi connectivity index (χ2n) is 6.30. The van der Waals surface area contributed by atoms with Crippen molar-refractivity contribution < 1.29 is 14.3 Å². The van der Waals surface area contributed by atoms with Gasteiger partial charge in [0.05, 0.1) is 6.42 Å². The Morgan fingerprint density at radius 2 is 1.74 bits per heavy atom. The van der Waals surface area contributed by atoms with Crippen LogP contribution in [0.2, 0.25) is 5.02 Å². The Kier molecular flexibility index (Phi) is 6.24. The first-order valence-corrected chi connectivity index (χ1v) is 9.15. The number of esters is 1. The van der Waals surface area contributed by atoms with Crippen LogP contribution in [-0.2, 0) is 20.7 Å². The van der Waals surface area contributed by atoms with Crippen LogP contribution in [0.25, 0.3) is 0 Å². The van der Waals surface area contributed by atoms with E-state index in [0.717, 1.165) is 5.56 Å². The third-order valence-electron chi connectivity index (χ3n) is 4.34. The smallest absolute Gasteiger partial charge is 0.311 e. The third-order valence-corrected chi connectivity index (χ3v) is 4.60. The molecule has 0 spiro atoms. The maximum Gasteiger partial charge on any atom is 0.311 e. The van der Waals surface area contributed by atoms with E-state index in [4.69, 9.17) is 16.3 Å². The molecule has 2 heterocycles. The minimum absolute atomic E-state index is 0.105. The van der Waals surface area contributed by atoms with Crippen molar-refractivity contribution in [2.24, 2.45) is 0 Å². The van der Waals surface area contributed by atoms with Crippen LogP contribution in [-0.4, -0.2) is 59.0 Å². The molecule has 0 radical (unpaired) electrons. The maximum absolute atomic E-state index is 12.6. The highest BCUT2D eigenvalue weighted by atomic mass is 35.5. The van der Waals surface area contributed by atoms with E-state index in [9.17, 15) is 9.59 Å². The maximum atomic E-state index is 12.6. The van der Waals surface area contributed by atoms with Gasteiger partial charge >= 0.3 is 5.97 Å². The van der Waals surface area contributed by atoms with Crippen LogP contribution in [0, 0.1) is 0 Å². The molecule has 0 bridgehead atoms. The Labute approximate surface area is 162 Å². The second kappa shape index (κ2) is 8.81. The number of aromatic nitrogens is 2. The zero-order valence-electron chi connectivity index (χ0n) is 15.0. The van der Waals surface area contributed by atoms with Crippen molar-refractivity contribution >= 4 is 29.4 Å². The Morgan fingerprint density at radius 3 is 2.37 bits per heavy atom. The van der Waals surface area contributed by atoms with Gasteiger partial charge in [-0.2, -0.15) is 0 Å². The first-order valence-electron chi connectivity index (χ1n) is 8.77. The first-order chi connectivity index (χ1) is 13.0. The van der Waals surface area contributed by atoms with Gasteiger partial charge in [0.25, 0.3) is 5.91 Å². The molecule has 8 heteroatoms. The summed E-state index contributed by atoms with van der Waals surface area (Å²) in [7, 11) is 0. The van der Waals surface area contributed by atoms with Gasteiger partial charge in [0.15, 0.2) is 6.10 Å². The van der Waals surface area contributed by atoms with E-state index in [1.807, 2.05) is 4.90 Å². The number of rotatable bonds is 5. The molecule has 1 unspecified atom stereocenters. The second-order valence-corrected chi connectivity index (χ2v) is 6.73. The largest absolute Gasteiger partial charge is 0.452 e. The molecule has 2 aromatic rings. The van der Waals surface area contributed by atoms with E-state index in [-0.39, 0.29) is 12.3 Å². The average Bonchev–Trinajstić information content (AvgIpc) is 2.70. The van der Waals surface area contributed by atoms with Gasteiger partial charge in [-0.25, -0.2) is 9.97 Å². The molecule has 1 amide bonds. The Bertz CT molecular complexity index is 777. The van der Waals surface area contributed by atoms with Crippen LogP contribution in [0.3, 0.4) is 0 Å². The number of nitrogens with zero attached hydrogens (tertiary/aromatic N) is 4. The zero-order chi connectivity index (χ0) is 19.2. The molecule has 1 aromatic heterocycles. The summed E-state index contributed by atoms with van der Waals surface area (Å²) >= 11 is 5.83. The van der Waals surface area contributed by atoms with Crippen LogP contribution < -0.4 is 4.90 Å². The highest BCUT2D eigenvalue weighted by molar-refractivity contribution is 6.30. The molecular formula is C19H21ClN4O3. The predicted molar refractivity (Wildman–Crippen MR) is 102 cm³/mol. The number of carbonyl (C=O) groups is 2. The van der Waals surface area contributed by atoms with E-state index < -0.39 is 12.1 Å². The fraction of sp³-hybridized carbons (Fsp3) is 0.368. The molecule has 1 fully saturated rings. The number of halogens is 1. The number of anilines is 1. The Hall–Kier alpha value is -2.67. The molecule has 1 aromatic carbocycles. The van der Waals surface area contributed by atoms with Crippen molar-refractivity contribution in [1.82, 2.24) is 14.9 Å². The Balaban J connectivity index is 1.47. The normalized spacial score (nSPS) is 15.3. The van der Waals surface area contributed by atoms with Crippen LogP contribution in [0.1, 0.15) is 12.5 Å². The minimum Gasteiger partial charge on any atom is -0.452 e. The minimum atomic E-state index is -0.815. The molecule has 0 aliphatic carbocycles. The number of carbonyl (C=O) groups excluding carboxylic acids is 2. The fourth-order valence-electron chi connectivity index (χ4n) is 2.90. The summed E-state index contributed by atoms with van der Waals surface area (Å²) in [5.74, 6) is 0.0367. The van der Waals surface area contributed by atoms with E-state index in [0.29, 0.717) is 37.1 Å². The van der Waals surface area contributed by atoms with Crippen molar-refractivity contribution in [3.63, 3.8) is 0 Å². The highest BCUT2D eigenvalue weighted by Gasteiger charge is 2.27. The van der Waals surface area contributed by atoms with Crippen LogP contribution in [0.5, 0.6) is 0 Å². The lowest BCUT2D eigenvalue weighted by Gasteiger charge is -2.35. The summed E-state index contributed by atoms with van der Waals surface area (Å²) in [5, 5.41) is 0.607. The lowest BCUT2D eigenvalue weighted by molar-refractivity contribution is -0.158. The predicted octanol–water partition coefficient (Wildman–Crippen LogP) is 1.95. The number of hydrogen-bond donors (Lipinski definition) is 0. The van der Waals surface area contributed by atoms with Crippen molar-refractivity contribution in [2.45, 2.75) is 19.4 Å². The van der Waals surface area contributed by atoms with E-state index >= 15 is 0 Å². The van der Waals surface area contributed by atoms with E-state index in [1.165, 1.54) is 0 Å². The summed E-state index contributed by atoms with van der Waals surface area (Å²) in [6.07, 6.45) is 2.68. The van der Waals surface area contributed by atoms with E-state index in [1.54, 1.807) is 54.5 Å². The monoisotopic (exact) mass is 388 g/mol. The molecule has 1 atom stereocenters. The van der Waals surface area contributed by atoms with Gasteiger partial charge in [-0.15, -0.1) is 0 Å². The molecule has 1 aliphatic heterocycles. The van der Waals surface area contributed by atoms with Crippen molar-refractivity contribution in [3.8, 4) is 0 Å². The molecule has 3 rings (SSSR count). The van der Waals surface area contributed by atoms with E-state index in [2.05, 4.69) is 9.97 Å². The highest BCUT2D eigenvalue weighted by Crippen LogP contribution is 2.13. The number of ether oxygens (including phenoxy) is 1. The van der Waals surface area contributed by atoms with Crippen LogP contribution in [0.4, 0.5) is 5.95 Å². The van der Waals surface area contributed by atoms with Gasteiger partial charge in [-0.05, 0) is 30.7 Å². The summed E-state index contributed by atoms with van der Waals surface area (Å²) < 4.78 is 5.31. The third kappa shape index (κ3) is 5.17. The number of hydrogen-bond acceptors (Lipinski definition) is 6. The summed E-state index contributed by atoms with van der Waals surface area (Å²) in [6.45, 7) is 3.96. The molecule has 142 valence electrons. The first kappa shape index (κ1) is 19.1. The zero-order valence-corrected chi connectivity index (χ0v) is 15.8. The van der Waals surface area contributed by atoms with Gasteiger partial charge in [0.1, 0.15) is 0 Å². The van der Waals surface area contributed by atoms with Crippen LogP contribution in [0.15, 0.2) is 42.7 Å². The fourth-order valence-corrected chi connectivity index (χ4v) is 3.02. The average molecular weight is 389 g/mol. The molecule has 7 nitrogen and oxygen atoms in total. The molecule has 1 aliphatic rings. The van der Waals surface area contributed by atoms with Gasteiger partial charge in [0, 0.05) is 43.6 Å².